The number of carbonyl (C=O) groups is 1. The number of hydrogen-bond donors (Lipinski definition) is 1. The molecule has 0 fully saturated rings. The molecule has 0 atom stereocenters. The van der Waals surface area contributed by atoms with E-state index in [0.29, 0.717) is 30.0 Å². The van der Waals surface area contributed by atoms with Gasteiger partial charge >= 0.3 is 0 Å². The van der Waals surface area contributed by atoms with Crippen LogP contribution in [0.1, 0.15) is 10.4 Å². The van der Waals surface area contributed by atoms with Crippen LogP contribution in [-0.2, 0) is 11.3 Å². The van der Waals surface area contributed by atoms with Crippen LogP contribution >= 0.6 is 26.0 Å². The molecule has 4 aromatic rings. The van der Waals surface area contributed by atoms with Crippen LogP contribution in [0, 0.1) is 0 Å². The second-order valence-electron chi connectivity index (χ2n) is 8.16. The second-order valence-corrected chi connectivity index (χ2v) is 13.5. The first-order valence-electron chi connectivity index (χ1n) is 9.97. The summed E-state index contributed by atoms with van der Waals surface area (Å²) in [5, 5.41) is 11.7. The van der Waals surface area contributed by atoms with Gasteiger partial charge in [0, 0.05) is 22.4 Å². The topological polar surface area (TPSA) is 86.3 Å². The van der Waals surface area contributed by atoms with Crippen LogP contribution in [0.15, 0.2) is 59.6 Å². The number of benzene rings is 1. The number of carbonyl (C=O) groups excluding carboxylic acids is 1. The molecule has 0 saturated carbocycles. The SMILES string of the molecule is CS(C)(C)COCCn1ncc(NC(=O)c2cnn3cccnc23)c1-c1cccc(Br)c1. The highest BCUT2D eigenvalue weighted by molar-refractivity contribution is 9.10. The molecule has 1 amide bonds. The van der Waals surface area contributed by atoms with E-state index < -0.39 is 10.0 Å². The summed E-state index contributed by atoms with van der Waals surface area (Å²) in [6, 6.07) is 9.67. The van der Waals surface area contributed by atoms with Gasteiger partial charge in [0.25, 0.3) is 5.91 Å². The highest BCUT2D eigenvalue weighted by Gasteiger charge is 2.19. The first-order valence-corrected chi connectivity index (χ1v) is 13.8. The van der Waals surface area contributed by atoms with Gasteiger partial charge in [0.05, 0.1) is 42.9 Å². The van der Waals surface area contributed by atoms with Crippen LogP contribution < -0.4 is 5.32 Å². The molecule has 0 aliphatic heterocycles. The summed E-state index contributed by atoms with van der Waals surface area (Å²) in [5.41, 5.74) is 3.27. The van der Waals surface area contributed by atoms with E-state index >= 15 is 0 Å². The summed E-state index contributed by atoms with van der Waals surface area (Å²) in [4.78, 5) is 17.3. The molecule has 8 nitrogen and oxygen atoms in total. The number of nitrogens with zero attached hydrogens (tertiary/aromatic N) is 5. The first-order chi connectivity index (χ1) is 15.3. The van der Waals surface area contributed by atoms with Crippen LogP contribution in [0.4, 0.5) is 5.69 Å². The average molecular weight is 517 g/mol. The molecule has 1 aromatic carbocycles. The Morgan fingerprint density at radius 2 is 2.03 bits per heavy atom. The maximum atomic E-state index is 13.0. The predicted molar refractivity (Wildman–Crippen MR) is 132 cm³/mol. The minimum Gasteiger partial charge on any atom is -0.370 e. The van der Waals surface area contributed by atoms with Gasteiger partial charge < -0.3 is 10.1 Å². The van der Waals surface area contributed by atoms with Crippen LogP contribution in [0.5, 0.6) is 0 Å². The highest BCUT2D eigenvalue weighted by Crippen LogP contribution is 2.34. The summed E-state index contributed by atoms with van der Waals surface area (Å²) in [5.74, 6) is 0.452. The molecule has 0 spiro atoms. The molecule has 0 saturated heterocycles. The number of rotatable bonds is 8. The van der Waals surface area contributed by atoms with Crippen molar-refractivity contribution in [2.45, 2.75) is 6.54 Å². The van der Waals surface area contributed by atoms with Gasteiger partial charge in [-0.2, -0.15) is 10.2 Å². The summed E-state index contributed by atoms with van der Waals surface area (Å²) in [6.07, 6.45) is 13.2. The van der Waals surface area contributed by atoms with E-state index in [1.165, 1.54) is 6.20 Å². The lowest BCUT2D eigenvalue weighted by atomic mass is 10.1. The molecule has 10 heteroatoms. The molecule has 0 bridgehead atoms. The van der Waals surface area contributed by atoms with E-state index in [9.17, 15) is 4.79 Å². The molecule has 0 unspecified atom stereocenters. The number of nitrogens with one attached hydrogen (secondary N) is 1. The Balaban J connectivity index is 1.61. The lowest BCUT2D eigenvalue weighted by Gasteiger charge is -2.24. The van der Waals surface area contributed by atoms with E-state index in [0.717, 1.165) is 21.7 Å². The lowest BCUT2D eigenvalue weighted by Crippen LogP contribution is -2.14. The van der Waals surface area contributed by atoms with Gasteiger partial charge in [0.15, 0.2) is 5.65 Å². The van der Waals surface area contributed by atoms with Crippen molar-refractivity contribution in [3.63, 3.8) is 0 Å². The van der Waals surface area contributed by atoms with Gasteiger partial charge in [-0.1, -0.05) is 28.1 Å². The fraction of sp³-hybridized carbons (Fsp3) is 0.273. The number of aromatic nitrogens is 5. The second kappa shape index (κ2) is 9.43. The lowest BCUT2D eigenvalue weighted by molar-refractivity contribution is 0.102. The van der Waals surface area contributed by atoms with Crippen molar-refractivity contribution >= 4 is 43.2 Å². The predicted octanol–water partition coefficient (Wildman–Crippen LogP) is 4.28. The Kier molecular flexibility index (Phi) is 6.63. The maximum absolute atomic E-state index is 13.0. The Labute approximate surface area is 196 Å². The molecule has 0 aliphatic rings. The molecule has 1 N–H and O–H groups in total. The fourth-order valence-corrected chi connectivity index (χ4v) is 4.24. The normalized spacial score (nSPS) is 12.2. The molecule has 0 radical (unpaired) electrons. The van der Waals surface area contributed by atoms with Gasteiger partial charge in [-0.05, 0) is 37.0 Å². The standard InChI is InChI=1S/C22H25BrN6O2S/c1-32(2,3)15-31-11-10-28-20(16-6-4-7-17(23)12-16)19(14-26-28)27-22(30)18-13-25-29-9-5-8-24-21(18)29/h4-9,12-14H,10-11,15H2,1-3H3,(H,27,30). The molecular weight excluding hydrogens is 492 g/mol. The van der Waals surface area contributed by atoms with E-state index in [2.05, 4.69) is 55.2 Å². The summed E-state index contributed by atoms with van der Waals surface area (Å²) >= 11 is 3.53. The van der Waals surface area contributed by atoms with Crippen LogP contribution in [0.25, 0.3) is 16.9 Å². The van der Waals surface area contributed by atoms with Crippen LogP contribution in [-0.4, -0.2) is 61.6 Å². The van der Waals surface area contributed by atoms with Gasteiger partial charge in [0.1, 0.15) is 5.56 Å². The Morgan fingerprint density at radius 1 is 1.19 bits per heavy atom. The zero-order valence-electron chi connectivity index (χ0n) is 18.2. The number of anilines is 1. The summed E-state index contributed by atoms with van der Waals surface area (Å²) < 4.78 is 10.3. The third-order valence-corrected chi connectivity index (χ3v) is 5.96. The average Bonchev–Trinajstić information content (AvgIpc) is 3.34. The monoisotopic (exact) mass is 516 g/mol. The molecular formula is C22H25BrN6O2S. The van der Waals surface area contributed by atoms with Crippen molar-refractivity contribution < 1.29 is 9.53 Å². The zero-order valence-corrected chi connectivity index (χ0v) is 20.6. The summed E-state index contributed by atoms with van der Waals surface area (Å²) in [7, 11) is -0.729. The smallest absolute Gasteiger partial charge is 0.261 e. The Bertz CT molecular complexity index is 1250. The molecule has 168 valence electrons. The number of ether oxygens (including phenoxy) is 1. The van der Waals surface area contributed by atoms with Crippen LogP contribution in [0.3, 0.4) is 0 Å². The minimum absolute atomic E-state index is 0.290. The van der Waals surface area contributed by atoms with Crippen LogP contribution in [0.2, 0.25) is 0 Å². The van der Waals surface area contributed by atoms with Crippen molar-refractivity contribution in [3.05, 3.63) is 65.2 Å². The molecule has 0 aliphatic carbocycles. The van der Waals surface area contributed by atoms with Crippen molar-refractivity contribution in [2.24, 2.45) is 0 Å². The zero-order chi connectivity index (χ0) is 22.7. The Hall–Kier alpha value is -2.69. The fourth-order valence-electron chi connectivity index (χ4n) is 3.22. The quantitative estimate of drug-likeness (QED) is 0.353. The first kappa shape index (κ1) is 22.5. The van der Waals surface area contributed by atoms with Gasteiger partial charge in [-0.3, -0.25) is 9.48 Å². The van der Waals surface area contributed by atoms with Crippen molar-refractivity contribution in [1.29, 1.82) is 0 Å². The maximum Gasteiger partial charge on any atom is 0.261 e. The van der Waals surface area contributed by atoms with E-state index in [4.69, 9.17) is 4.74 Å². The van der Waals surface area contributed by atoms with E-state index in [-0.39, 0.29) is 5.91 Å². The van der Waals surface area contributed by atoms with Crippen molar-refractivity contribution in [2.75, 3.05) is 36.6 Å². The molecule has 3 aromatic heterocycles. The number of hydrogen-bond acceptors (Lipinski definition) is 5. The van der Waals surface area contributed by atoms with Crippen molar-refractivity contribution in [1.82, 2.24) is 24.4 Å². The van der Waals surface area contributed by atoms with Gasteiger partial charge in [-0.15, -0.1) is 0 Å². The largest absolute Gasteiger partial charge is 0.370 e. The third-order valence-electron chi connectivity index (χ3n) is 4.59. The number of halogens is 1. The number of fused-ring (bicyclic) bond motifs is 1. The number of amides is 1. The highest BCUT2D eigenvalue weighted by atomic mass is 79.9. The molecule has 4 rings (SSSR count). The summed E-state index contributed by atoms with van der Waals surface area (Å²) in [6.45, 7) is 1.11. The third kappa shape index (κ3) is 5.20. The molecule has 3 heterocycles. The van der Waals surface area contributed by atoms with Gasteiger partial charge in [-0.25, -0.2) is 19.5 Å². The van der Waals surface area contributed by atoms with E-state index in [1.807, 2.05) is 28.9 Å². The van der Waals surface area contributed by atoms with E-state index in [1.54, 1.807) is 29.2 Å². The molecule has 32 heavy (non-hydrogen) atoms. The van der Waals surface area contributed by atoms with Gasteiger partial charge in [0.2, 0.25) is 0 Å². The Morgan fingerprint density at radius 3 is 2.81 bits per heavy atom. The van der Waals surface area contributed by atoms with Crippen molar-refractivity contribution in [3.8, 4) is 11.3 Å². The minimum atomic E-state index is -0.729.